The second kappa shape index (κ2) is 28.7. The first-order valence-electron chi connectivity index (χ1n) is 26.7. The fourth-order valence-corrected chi connectivity index (χ4v) is 9.37. The molecule has 20 nitrogen and oxygen atoms in total. The Kier molecular flexibility index (Phi) is 22.3. The largest absolute Gasteiger partial charge is 0.482 e. The number of hydrogen-bond acceptors (Lipinski definition) is 13. The van der Waals surface area contributed by atoms with E-state index in [1.807, 2.05) is 58.0 Å². The van der Waals surface area contributed by atoms with Gasteiger partial charge in [0.15, 0.2) is 17.4 Å². The zero-order valence-electron chi connectivity index (χ0n) is 46.2. The number of carbonyl (C=O) groups excluding carboxylic acids is 7. The van der Waals surface area contributed by atoms with Crippen molar-refractivity contribution in [1.82, 2.24) is 41.0 Å². The van der Waals surface area contributed by atoms with Crippen molar-refractivity contribution in [3.05, 3.63) is 118 Å². The molecule has 1 aromatic heterocycles. The number of pyridine rings is 1. The third-order valence-electron chi connectivity index (χ3n) is 14.0. The molecule has 0 aliphatic carbocycles. The average molecular weight is 1130 g/mol. The summed E-state index contributed by atoms with van der Waals surface area (Å²) in [7, 11) is 1.65. The minimum Gasteiger partial charge on any atom is -0.482 e. The normalized spacial score (nSPS) is 16.9. The monoisotopic (exact) mass is 1130 g/mol. The molecule has 0 saturated carbocycles. The van der Waals surface area contributed by atoms with E-state index in [-0.39, 0.29) is 110 Å². The number of anilines is 2. The van der Waals surface area contributed by atoms with Gasteiger partial charge in [0.05, 0.1) is 61.1 Å². The lowest BCUT2D eigenvalue weighted by Gasteiger charge is -2.36. The van der Waals surface area contributed by atoms with Crippen molar-refractivity contribution in [3.8, 4) is 5.75 Å². The van der Waals surface area contributed by atoms with Crippen molar-refractivity contribution >= 4 is 64.5 Å². The third kappa shape index (κ3) is 16.6. The average Bonchev–Trinajstić information content (AvgIpc) is 3.88. The Morgan fingerprint density at radius 3 is 2.12 bits per heavy atom. The van der Waals surface area contributed by atoms with E-state index in [4.69, 9.17) is 31.5 Å². The fraction of sp³-hybridized carbons (Fsp3) is 0.474. The highest BCUT2D eigenvalue weighted by Crippen LogP contribution is 2.33. The van der Waals surface area contributed by atoms with E-state index in [1.165, 1.54) is 24.1 Å². The molecule has 7 amide bonds. The Balaban J connectivity index is 0.886. The zero-order valence-corrected chi connectivity index (χ0v) is 47.0. The number of halogens is 3. The molecule has 0 unspecified atom stereocenters. The summed E-state index contributed by atoms with van der Waals surface area (Å²) in [5, 5.41) is 14.3. The third-order valence-corrected chi connectivity index (χ3v) is 14.2. The second-order valence-electron chi connectivity index (χ2n) is 20.8. The number of likely N-dealkylation sites (N-methyl/N-ethyl adjacent to an activating group) is 1. The molecule has 0 spiro atoms. The number of benzene rings is 3. The van der Waals surface area contributed by atoms with Gasteiger partial charge in [0.2, 0.25) is 29.5 Å². The van der Waals surface area contributed by atoms with E-state index in [9.17, 15) is 42.3 Å². The van der Waals surface area contributed by atoms with Crippen molar-refractivity contribution < 1.29 is 56.6 Å². The number of ether oxygens (including phenoxy) is 3. The van der Waals surface area contributed by atoms with Crippen molar-refractivity contribution in [2.24, 2.45) is 5.41 Å². The molecule has 0 radical (unpaired) electrons. The van der Waals surface area contributed by atoms with Crippen LogP contribution in [0.4, 0.5) is 20.3 Å². The molecule has 2 aliphatic rings. The van der Waals surface area contributed by atoms with Gasteiger partial charge < -0.3 is 61.2 Å². The number of rotatable bonds is 24. The fourth-order valence-electron chi connectivity index (χ4n) is 9.20. The van der Waals surface area contributed by atoms with E-state index in [1.54, 1.807) is 48.0 Å². The van der Waals surface area contributed by atoms with Gasteiger partial charge in [-0.05, 0) is 87.2 Å². The quantitative estimate of drug-likeness (QED) is 0.0371. The molecule has 2 saturated heterocycles. The number of carbonyl (C=O) groups is 7. The number of amides is 7. The summed E-state index contributed by atoms with van der Waals surface area (Å²) in [4.78, 5) is 103. The summed E-state index contributed by atoms with van der Waals surface area (Å²) in [5.41, 5.74) is 6.54. The molecule has 3 heterocycles. The van der Waals surface area contributed by atoms with Gasteiger partial charge in [-0.3, -0.25) is 33.6 Å². The lowest BCUT2D eigenvalue weighted by Crippen LogP contribution is -2.59. The summed E-state index contributed by atoms with van der Waals surface area (Å²) >= 11 is 5.83. The maximum absolute atomic E-state index is 14.6. The predicted octanol–water partition coefficient (Wildman–Crippen LogP) is 5.58. The van der Waals surface area contributed by atoms with Gasteiger partial charge in [0.25, 0.3) is 11.8 Å². The van der Waals surface area contributed by atoms with Gasteiger partial charge >= 0.3 is 0 Å². The maximum Gasteiger partial charge on any atom is 0.257 e. The van der Waals surface area contributed by atoms with Gasteiger partial charge in [0.1, 0.15) is 24.0 Å². The van der Waals surface area contributed by atoms with Crippen LogP contribution in [0.5, 0.6) is 5.75 Å². The highest BCUT2D eigenvalue weighted by molar-refractivity contribution is 6.30. The SMILES string of the molecule is CC[C@H](NC(=O)[C@H]1C[C@@H](NC(=O)CCOCCOCCC(=O)N2CCN(C(=O)c3ccc(NC(=O)c4cnc(N)c(O[C@H](C)c5c(F)ccc(Cl)c5F)c4)cc3)CC2)CN1C(=O)[C@H](NC(=O)[C@@H](C)NC)C(C)(C)C)c1ccccc1. The molecule has 6 atom stereocenters. The highest BCUT2D eigenvalue weighted by Gasteiger charge is 2.46. The van der Waals surface area contributed by atoms with Crippen LogP contribution in [0, 0.1) is 17.0 Å². The van der Waals surface area contributed by atoms with Crippen LogP contribution in [0.1, 0.15) is 111 Å². The molecule has 0 bridgehead atoms. The van der Waals surface area contributed by atoms with Crippen molar-refractivity contribution in [2.45, 2.75) is 104 Å². The van der Waals surface area contributed by atoms with Crippen molar-refractivity contribution in [3.63, 3.8) is 0 Å². The number of aromatic nitrogens is 1. The molecule has 80 heavy (non-hydrogen) atoms. The van der Waals surface area contributed by atoms with Crippen LogP contribution in [0.25, 0.3) is 0 Å². The molecule has 23 heteroatoms. The minimum atomic E-state index is -1.17. The summed E-state index contributed by atoms with van der Waals surface area (Å²) in [6.07, 6.45) is 0.966. The van der Waals surface area contributed by atoms with Gasteiger partial charge in [-0.15, -0.1) is 0 Å². The molecule has 432 valence electrons. The molecule has 6 rings (SSSR count). The lowest BCUT2D eigenvalue weighted by atomic mass is 9.85. The van der Waals surface area contributed by atoms with Crippen LogP contribution in [-0.2, 0) is 33.4 Å². The van der Waals surface area contributed by atoms with Crippen LogP contribution >= 0.6 is 11.6 Å². The van der Waals surface area contributed by atoms with Gasteiger partial charge in [-0.2, -0.15) is 0 Å². The van der Waals surface area contributed by atoms with Gasteiger partial charge in [-0.1, -0.05) is 69.6 Å². The Labute approximate surface area is 470 Å². The first-order valence-corrected chi connectivity index (χ1v) is 27.1. The number of nitrogens with zero attached hydrogens (tertiary/aromatic N) is 4. The Bertz CT molecular complexity index is 2820. The van der Waals surface area contributed by atoms with E-state index in [0.717, 1.165) is 17.7 Å². The second-order valence-corrected chi connectivity index (χ2v) is 21.2. The van der Waals surface area contributed by atoms with Crippen LogP contribution in [0.3, 0.4) is 0 Å². The summed E-state index contributed by atoms with van der Waals surface area (Å²) in [6.45, 7) is 12.5. The first kappa shape index (κ1) is 61.9. The standard InChI is InChI=1S/C57H73ClF2N10O10/c1-8-43(36-12-10-9-11-13-36)66-54(75)44-31-40(33-70(44)56(77)50(57(4,5)6)67-52(73)34(2)62-7)64-46(71)20-26-78-28-29-79-27-21-47(72)68-22-24-69(25-23-68)55(76)37-14-16-39(17-15-37)65-53(74)38-30-45(51(61)63-32-38)80-35(3)48-42(59)19-18-41(58)49(48)60/h9-19,30,32,34-35,40,43-44,50,62H,8,20-29,31,33H2,1-7H3,(H2,61,63)(H,64,71)(H,65,74)(H,66,75)(H,67,73)/t34-,35-,40-,43+,44-,50+/m1/s1. The number of hydrogen-bond donors (Lipinski definition) is 6. The van der Waals surface area contributed by atoms with Crippen LogP contribution in [0.2, 0.25) is 5.02 Å². The number of likely N-dealkylation sites (tertiary alicyclic amines) is 1. The molecule has 2 fully saturated rings. The van der Waals surface area contributed by atoms with Crippen LogP contribution < -0.4 is 37.1 Å². The highest BCUT2D eigenvalue weighted by atomic mass is 35.5. The number of nitrogens with two attached hydrogens (primary N) is 1. The first-order chi connectivity index (χ1) is 38.1. The molecule has 4 aromatic rings. The van der Waals surface area contributed by atoms with E-state index in [0.29, 0.717) is 43.9 Å². The van der Waals surface area contributed by atoms with Crippen LogP contribution in [-0.4, -0.2) is 151 Å². The summed E-state index contributed by atoms with van der Waals surface area (Å²) in [5.74, 6) is -4.45. The number of nitrogen functional groups attached to an aromatic ring is 1. The van der Waals surface area contributed by atoms with Crippen molar-refractivity contribution in [2.75, 3.05) is 77.2 Å². The Morgan fingerprint density at radius 2 is 1.49 bits per heavy atom. The van der Waals surface area contributed by atoms with Gasteiger partial charge in [0, 0.05) is 62.6 Å². The topological polar surface area (TPSA) is 256 Å². The Hall–Kier alpha value is -7.27. The van der Waals surface area contributed by atoms with E-state index < -0.39 is 64.7 Å². The number of nitrogens with one attached hydrogen (secondary N) is 5. The summed E-state index contributed by atoms with van der Waals surface area (Å²) in [6, 6.07) is 15.9. The lowest BCUT2D eigenvalue weighted by molar-refractivity contribution is -0.144. The van der Waals surface area contributed by atoms with Crippen molar-refractivity contribution in [1.29, 1.82) is 0 Å². The number of piperazine rings is 1. The predicted molar refractivity (Wildman–Crippen MR) is 296 cm³/mol. The summed E-state index contributed by atoms with van der Waals surface area (Å²) < 4.78 is 46.1. The molecule has 2 aliphatic heterocycles. The molecule has 7 N–H and O–H groups in total. The molecular weight excluding hydrogens is 1060 g/mol. The molecular formula is C57H73ClF2N10O10. The minimum absolute atomic E-state index is 0.0122. The smallest absolute Gasteiger partial charge is 0.257 e. The maximum atomic E-state index is 14.6. The van der Waals surface area contributed by atoms with E-state index >= 15 is 0 Å². The van der Waals surface area contributed by atoms with Gasteiger partial charge in [-0.25, -0.2) is 13.8 Å². The van der Waals surface area contributed by atoms with Crippen LogP contribution in [0.15, 0.2) is 79.0 Å². The Morgan fingerprint density at radius 1 is 0.838 bits per heavy atom. The molecule has 3 aromatic carbocycles. The zero-order chi connectivity index (χ0) is 58.3. The van der Waals surface area contributed by atoms with E-state index in [2.05, 4.69) is 31.6 Å².